The van der Waals surface area contributed by atoms with Crippen molar-refractivity contribution in [3.05, 3.63) is 83.3 Å². The maximum Gasteiger partial charge on any atom is 0.251 e. The van der Waals surface area contributed by atoms with E-state index in [0.717, 1.165) is 16.8 Å². The van der Waals surface area contributed by atoms with Crippen LogP contribution in [0.5, 0.6) is 5.75 Å². The Balaban J connectivity index is 1.72. The fourth-order valence-electron chi connectivity index (χ4n) is 3.44. The van der Waals surface area contributed by atoms with Gasteiger partial charge in [-0.15, -0.1) is 0 Å². The Hall–Kier alpha value is -3.61. The quantitative estimate of drug-likeness (QED) is 0.717. The Kier molecular flexibility index (Phi) is 4.80. The number of para-hydroxylation sites is 1. The number of fused-ring (bicyclic) bond motifs is 1. The van der Waals surface area contributed by atoms with E-state index in [0.29, 0.717) is 23.8 Å². The molecule has 1 aliphatic rings. The fraction of sp³-hybridized carbons (Fsp3) is 0.190. The molecule has 2 heterocycles. The van der Waals surface area contributed by atoms with E-state index in [1.807, 2.05) is 61.5 Å². The molecule has 1 aliphatic heterocycles. The zero-order valence-corrected chi connectivity index (χ0v) is 15.7. The molecule has 4 rings (SSSR count). The summed E-state index contributed by atoms with van der Waals surface area (Å²) in [7, 11) is 1.62. The van der Waals surface area contributed by atoms with Gasteiger partial charge in [0, 0.05) is 17.8 Å². The number of benzene rings is 2. The zero-order valence-electron chi connectivity index (χ0n) is 15.7. The minimum absolute atomic E-state index is 0.161. The predicted molar refractivity (Wildman–Crippen MR) is 106 cm³/mol. The van der Waals surface area contributed by atoms with Crippen molar-refractivity contribution in [2.24, 2.45) is 0 Å². The van der Waals surface area contributed by atoms with Gasteiger partial charge in [0.15, 0.2) is 0 Å². The van der Waals surface area contributed by atoms with Gasteiger partial charge in [0.2, 0.25) is 5.95 Å². The van der Waals surface area contributed by atoms with Gasteiger partial charge >= 0.3 is 0 Å². The molecular weight excluding hydrogens is 354 g/mol. The van der Waals surface area contributed by atoms with E-state index in [1.165, 1.54) is 6.33 Å². The van der Waals surface area contributed by atoms with E-state index in [-0.39, 0.29) is 5.91 Å². The summed E-state index contributed by atoms with van der Waals surface area (Å²) < 4.78 is 7.26. The molecule has 1 amide bonds. The number of anilines is 1. The molecule has 0 fully saturated rings. The van der Waals surface area contributed by atoms with Gasteiger partial charge in [0.05, 0.1) is 12.7 Å². The number of nitrogens with zero attached hydrogens (tertiary/aromatic N) is 3. The first-order chi connectivity index (χ1) is 13.7. The second-order valence-corrected chi connectivity index (χ2v) is 6.50. The van der Waals surface area contributed by atoms with Gasteiger partial charge in [-0.3, -0.25) is 4.79 Å². The van der Waals surface area contributed by atoms with Crippen molar-refractivity contribution in [1.29, 1.82) is 0 Å². The highest BCUT2D eigenvalue weighted by molar-refractivity contribution is 5.96. The Labute approximate surface area is 163 Å². The largest absolute Gasteiger partial charge is 0.496 e. The summed E-state index contributed by atoms with van der Waals surface area (Å²) in [5.74, 6) is 1.12. The monoisotopic (exact) mass is 375 g/mol. The van der Waals surface area contributed by atoms with Crippen LogP contribution >= 0.6 is 0 Å². The molecule has 3 aromatic rings. The van der Waals surface area contributed by atoms with Crippen molar-refractivity contribution < 1.29 is 9.53 Å². The number of allylic oxidation sites excluding steroid dienone is 1. The van der Waals surface area contributed by atoms with Gasteiger partial charge in [-0.1, -0.05) is 48.5 Å². The van der Waals surface area contributed by atoms with Crippen LogP contribution in [0.4, 0.5) is 5.95 Å². The standard InChI is InChI=1S/C21H21N5O2/c1-14-18(20(27)22-12-15-8-4-3-5-9-15)19(26-21(25-14)23-13-24-26)16-10-6-7-11-17(16)28-2/h3-11,13,19H,12H2,1-2H3,(H,22,27)(H,23,24,25)/t19-/m1/s1. The van der Waals surface area contributed by atoms with Gasteiger partial charge < -0.3 is 15.4 Å². The van der Waals surface area contributed by atoms with Crippen LogP contribution in [-0.2, 0) is 11.3 Å². The Bertz CT molecular complexity index is 1030. The molecule has 7 nitrogen and oxygen atoms in total. The number of hydrogen-bond acceptors (Lipinski definition) is 5. The van der Waals surface area contributed by atoms with E-state index in [2.05, 4.69) is 20.7 Å². The molecule has 0 bridgehead atoms. The molecule has 2 N–H and O–H groups in total. The maximum absolute atomic E-state index is 13.2. The number of ether oxygens (including phenoxy) is 1. The van der Waals surface area contributed by atoms with Crippen LogP contribution in [0.1, 0.15) is 24.1 Å². The summed E-state index contributed by atoms with van der Waals surface area (Å²) in [5, 5.41) is 10.5. The van der Waals surface area contributed by atoms with Crippen molar-refractivity contribution in [2.45, 2.75) is 19.5 Å². The third-order valence-electron chi connectivity index (χ3n) is 4.77. The van der Waals surface area contributed by atoms with Gasteiger partial charge in [-0.25, -0.2) is 4.68 Å². The molecule has 0 aliphatic carbocycles. The minimum Gasteiger partial charge on any atom is -0.496 e. The van der Waals surface area contributed by atoms with Crippen LogP contribution in [0.15, 0.2) is 72.2 Å². The minimum atomic E-state index is -0.439. The van der Waals surface area contributed by atoms with Crippen molar-refractivity contribution >= 4 is 11.9 Å². The lowest BCUT2D eigenvalue weighted by molar-refractivity contribution is -0.118. The predicted octanol–water partition coefficient (Wildman–Crippen LogP) is 2.89. The Morgan fingerprint density at radius 2 is 1.93 bits per heavy atom. The molecule has 28 heavy (non-hydrogen) atoms. The Morgan fingerprint density at radius 1 is 1.18 bits per heavy atom. The van der Waals surface area contributed by atoms with Crippen LogP contribution in [0, 0.1) is 0 Å². The molecule has 2 aromatic carbocycles. The molecular formula is C21H21N5O2. The van der Waals surface area contributed by atoms with Crippen molar-refractivity contribution in [3.8, 4) is 5.75 Å². The van der Waals surface area contributed by atoms with E-state index in [4.69, 9.17) is 4.74 Å². The number of methoxy groups -OCH3 is 1. The van der Waals surface area contributed by atoms with Crippen LogP contribution in [0.3, 0.4) is 0 Å². The van der Waals surface area contributed by atoms with Crippen LogP contribution < -0.4 is 15.4 Å². The summed E-state index contributed by atoms with van der Waals surface area (Å²) in [6.07, 6.45) is 1.48. The van der Waals surface area contributed by atoms with E-state index in [1.54, 1.807) is 11.8 Å². The summed E-state index contributed by atoms with van der Waals surface area (Å²) in [6, 6.07) is 17.0. The van der Waals surface area contributed by atoms with E-state index < -0.39 is 6.04 Å². The van der Waals surface area contributed by atoms with Gasteiger partial charge in [0.25, 0.3) is 5.91 Å². The highest BCUT2D eigenvalue weighted by atomic mass is 16.5. The average Bonchev–Trinajstić information content (AvgIpc) is 3.19. The second kappa shape index (κ2) is 7.56. The number of carbonyl (C=O) groups excluding carboxylic acids is 1. The molecule has 0 saturated carbocycles. The molecule has 7 heteroatoms. The summed E-state index contributed by atoms with van der Waals surface area (Å²) in [6.45, 7) is 2.32. The van der Waals surface area contributed by atoms with E-state index >= 15 is 0 Å². The van der Waals surface area contributed by atoms with E-state index in [9.17, 15) is 4.79 Å². The number of rotatable bonds is 5. The lowest BCUT2D eigenvalue weighted by Crippen LogP contribution is -2.35. The highest BCUT2D eigenvalue weighted by Gasteiger charge is 2.34. The SMILES string of the molecule is COc1ccccc1[C@@H]1C(C(=O)NCc2ccccc2)=C(C)Nc2ncnn21. The first-order valence-corrected chi connectivity index (χ1v) is 9.01. The summed E-state index contributed by atoms with van der Waals surface area (Å²) in [5.41, 5.74) is 3.20. The molecule has 1 aromatic heterocycles. The first-order valence-electron chi connectivity index (χ1n) is 9.01. The number of carbonyl (C=O) groups is 1. The van der Waals surface area contributed by atoms with Crippen molar-refractivity contribution in [1.82, 2.24) is 20.1 Å². The van der Waals surface area contributed by atoms with Crippen LogP contribution in [0.2, 0.25) is 0 Å². The molecule has 0 unspecified atom stereocenters. The molecule has 0 radical (unpaired) electrons. The van der Waals surface area contributed by atoms with Crippen molar-refractivity contribution in [2.75, 3.05) is 12.4 Å². The summed E-state index contributed by atoms with van der Waals surface area (Å²) in [4.78, 5) is 17.4. The normalized spacial score (nSPS) is 15.6. The molecule has 0 spiro atoms. The smallest absolute Gasteiger partial charge is 0.251 e. The average molecular weight is 375 g/mol. The lowest BCUT2D eigenvalue weighted by atomic mass is 9.94. The van der Waals surface area contributed by atoms with Crippen LogP contribution in [0.25, 0.3) is 0 Å². The van der Waals surface area contributed by atoms with Gasteiger partial charge in [0.1, 0.15) is 18.1 Å². The van der Waals surface area contributed by atoms with Crippen LogP contribution in [-0.4, -0.2) is 27.8 Å². The maximum atomic E-state index is 13.2. The third-order valence-corrected chi connectivity index (χ3v) is 4.77. The highest BCUT2D eigenvalue weighted by Crippen LogP contribution is 2.38. The lowest BCUT2D eigenvalue weighted by Gasteiger charge is -2.29. The van der Waals surface area contributed by atoms with Gasteiger partial charge in [-0.2, -0.15) is 10.1 Å². The molecule has 1 atom stereocenters. The first kappa shape index (κ1) is 17.8. The third kappa shape index (κ3) is 3.22. The summed E-state index contributed by atoms with van der Waals surface area (Å²) >= 11 is 0. The van der Waals surface area contributed by atoms with Crippen molar-refractivity contribution in [3.63, 3.8) is 0 Å². The number of amides is 1. The Morgan fingerprint density at radius 3 is 2.71 bits per heavy atom. The topological polar surface area (TPSA) is 81.1 Å². The number of nitrogens with one attached hydrogen (secondary N) is 2. The second-order valence-electron chi connectivity index (χ2n) is 6.50. The number of aromatic nitrogens is 3. The van der Waals surface area contributed by atoms with Gasteiger partial charge in [-0.05, 0) is 18.6 Å². The molecule has 0 saturated heterocycles. The molecule has 142 valence electrons. The zero-order chi connectivity index (χ0) is 19.5. The fourth-order valence-corrected chi connectivity index (χ4v) is 3.44. The number of hydrogen-bond donors (Lipinski definition) is 2.